The number of nitrogens with zero attached hydrogens (tertiary/aromatic N) is 1. The molecule has 0 aromatic heterocycles. The van der Waals surface area contributed by atoms with Crippen molar-refractivity contribution in [1.82, 2.24) is 4.90 Å². The van der Waals surface area contributed by atoms with Gasteiger partial charge in [-0.1, -0.05) is 0 Å². The lowest BCUT2D eigenvalue weighted by Gasteiger charge is -2.18. The third-order valence-electron chi connectivity index (χ3n) is 2.46. The highest BCUT2D eigenvalue weighted by Gasteiger charge is 2.14. The van der Waals surface area contributed by atoms with E-state index in [2.05, 4.69) is 0 Å². The topological polar surface area (TPSA) is 75.8 Å². The highest BCUT2D eigenvalue weighted by molar-refractivity contribution is 5.99. The van der Waals surface area contributed by atoms with Gasteiger partial charge in [0.25, 0.3) is 5.91 Å². The van der Waals surface area contributed by atoms with Gasteiger partial charge in [-0.2, -0.15) is 0 Å². The summed E-state index contributed by atoms with van der Waals surface area (Å²) in [5.41, 5.74) is 6.39. The minimum absolute atomic E-state index is 0.0350. The van der Waals surface area contributed by atoms with E-state index in [0.717, 1.165) is 6.42 Å². The summed E-state index contributed by atoms with van der Waals surface area (Å²) in [5.74, 6) is -0.164. The highest BCUT2D eigenvalue weighted by Crippen LogP contribution is 2.19. The van der Waals surface area contributed by atoms with Gasteiger partial charge < -0.3 is 20.5 Å². The van der Waals surface area contributed by atoms with Crippen molar-refractivity contribution in [2.75, 3.05) is 33.0 Å². The van der Waals surface area contributed by atoms with E-state index in [0.29, 0.717) is 24.4 Å². The number of hydrogen-bond acceptors (Lipinski definition) is 4. The molecule has 0 spiro atoms. The predicted octanol–water partition coefficient (Wildman–Crippen LogP) is 1.08. The van der Waals surface area contributed by atoms with Crippen molar-refractivity contribution in [2.24, 2.45) is 0 Å². The fourth-order valence-electron chi connectivity index (χ4n) is 1.48. The molecule has 0 saturated carbocycles. The number of phenolic OH excluding ortho intramolecular Hbond substituents is 1. The molecule has 1 amide bonds. The molecule has 0 aliphatic carbocycles. The van der Waals surface area contributed by atoms with Gasteiger partial charge in [0, 0.05) is 33.0 Å². The molecule has 0 bridgehead atoms. The number of ether oxygens (including phenoxy) is 1. The van der Waals surface area contributed by atoms with Crippen LogP contribution in [0, 0.1) is 0 Å². The van der Waals surface area contributed by atoms with E-state index in [9.17, 15) is 9.90 Å². The minimum Gasteiger partial charge on any atom is -0.508 e. The SMILES string of the molecule is COCCCN(C)C(=O)c1cc(O)ccc1N. The lowest BCUT2D eigenvalue weighted by atomic mass is 10.1. The van der Waals surface area contributed by atoms with Crippen LogP contribution in [0.1, 0.15) is 16.8 Å². The summed E-state index contributed by atoms with van der Waals surface area (Å²) in [4.78, 5) is 13.6. The first-order valence-corrected chi connectivity index (χ1v) is 5.39. The average molecular weight is 238 g/mol. The predicted molar refractivity (Wildman–Crippen MR) is 66.0 cm³/mol. The van der Waals surface area contributed by atoms with Crippen LogP contribution < -0.4 is 5.73 Å². The van der Waals surface area contributed by atoms with Crippen molar-refractivity contribution in [3.05, 3.63) is 23.8 Å². The second-order valence-electron chi connectivity index (χ2n) is 3.84. The van der Waals surface area contributed by atoms with E-state index in [1.165, 1.54) is 18.2 Å². The standard InChI is InChI=1S/C12H18N2O3/c1-14(6-3-7-17-2)12(16)10-8-9(15)4-5-11(10)13/h4-5,8,15H,3,6-7,13H2,1-2H3. The number of nitrogens with two attached hydrogens (primary N) is 1. The van der Waals surface area contributed by atoms with Crippen molar-refractivity contribution in [1.29, 1.82) is 0 Å². The number of carbonyl (C=O) groups is 1. The summed E-state index contributed by atoms with van der Waals surface area (Å²) in [6, 6.07) is 4.35. The van der Waals surface area contributed by atoms with Crippen LogP contribution in [0.5, 0.6) is 5.75 Å². The third-order valence-corrected chi connectivity index (χ3v) is 2.46. The number of nitrogen functional groups attached to an aromatic ring is 1. The zero-order valence-electron chi connectivity index (χ0n) is 10.1. The van der Waals surface area contributed by atoms with E-state index < -0.39 is 0 Å². The number of aromatic hydroxyl groups is 1. The van der Waals surface area contributed by atoms with Gasteiger partial charge in [0.05, 0.1) is 5.56 Å². The summed E-state index contributed by atoms with van der Waals surface area (Å²) in [7, 11) is 3.32. The average Bonchev–Trinajstić information content (AvgIpc) is 2.31. The van der Waals surface area contributed by atoms with Crippen LogP contribution >= 0.6 is 0 Å². The Morgan fingerprint density at radius 2 is 2.24 bits per heavy atom. The summed E-state index contributed by atoms with van der Waals surface area (Å²) in [6.45, 7) is 1.19. The van der Waals surface area contributed by atoms with Crippen molar-refractivity contribution in [2.45, 2.75) is 6.42 Å². The number of carbonyl (C=O) groups excluding carboxylic acids is 1. The Morgan fingerprint density at radius 3 is 2.88 bits per heavy atom. The molecule has 1 aromatic carbocycles. The van der Waals surface area contributed by atoms with Gasteiger partial charge in [-0.3, -0.25) is 4.79 Å². The lowest BCUT2D eigenvalue weighted by molar-refractivity contribution is 0.0780. The molecule has 17 heavy (non-hydrogen) atoms. The molecule has 0 aliphatic rings. The van der Waals surface area contributed by atoms with Crippen LogP contribution in [0.25, 0.3) is 0 Å². The van der Waals surface area contributed by atoms with Crippen LogP contribution in [0.15, 0.2) is 18.2 Å². The van der Waals surface area contributed by atoms with Gasteiger partial charge in [-0.15, -0.1) is 0 Å². The molecule has 5 heteroatoms. The Balaban J connectivity index is 2.71. The number of amides is 1. The van der Waals surface area contributed by atoms with Crippen molar-refractivity contribution in [3.8, 4) is 5.75 Å². The minimum atomic E-state index is -0.200. The van der Waals surface area contributed by atoms with Crippen molar-refractivity contribution >= 4 is 11.6 Å². The molecule has 0 aliphatic heterocycles. The number of anilines is 1. The Kier molecular flexibility index (Phi) is 4.78. The van der Waals surface area contributed by atoms with Crippen LogP contribution in [0.4, 0.5) is 5.69 Å². The van der Waals surface area contributed by atoms with E-state index in [-0.39, 0.29) is 11.7 Å². The van der Waals surface area contributed by atoms with Crippen molar-refractivity contribution < 1.29 is 14.6 Å². The number of benzene rings is 1. The Hall–Kier alpha value is -1.75. The number of rotatable bonds is 5. The maximum absolute atomic E-state index is 12.0. The van der Waals surface area contributed by atoms with Gasteiger partial charge in [0.15, 0.2) is 0 Å². The van der Waals surface area contributed by atoms with Gasteiger partial charge >= 0.3 is 0 Å². The number of phenols is 1. The summed E-state index contributed by atoms with van der Waals surface area (Å²) in [6.07, 6.45) is 0.761. The Labute approximate surface area is 101 Å². The molecule has 0 radical (unpaired) electrons. The summed E-state index contributed by atoms with van der Waals surface area (Å²) < 4.78 is 4.92. The van der Waals surface area contributed by atoms with Crippen LogP contribution in [0.2, 0.25) is 0 Å². The first-order chi connectivity index (χ1) is 8.06. The van der Waals surface area contributed by atoms with E-state index in [4.69, 9.17) is 10.5 Å². The zero-order chi connectivity index (χ0) is 12.8. The molecule has 1 aromatic rings. The zero-order valence-corrected chi connectivity index (χ0v) is 10.1. The number of hydrogen-bond donors (Lipinski definition) is 2. The normalized spacial score (nSPS) is 10.2. The van der Waals surface area contributed by atoms with Crippen LogP contribution in [0.3, 0.4) is 0 Å². The summed E-state index contributed by atoms with van der Waals surface area (Å²) >= 11 is 0. The molecular weight excluding hydrogens is 220 g/mol. The molecule has 0 atom stereocenters. The maximum Gasteiger partial charge on any atom is 0.255 e. The molecular formula is C12H18N2O3. The van der Waals surface area contributed by atoms with Gasteiger partial charge in [0.1, 0.15) is 5.75 Å². The van der Waals surface area contributed by atoms with E-state index in [1.54, 1.807) is 19.1 Å². The Bertz CT molecular complexity index is 393. The summed E-state index contributed by atoms with van der Waals surface area (Å²) in [5, 5.41) is 9.34. The maximum atomic E-state index is 12.0. The molecule has 3 N–H and O–H groups in total. The van der Waals surface area contributed by atoms with Crippen molar-refractivity contribution in [3.63, 3.8) is 0 Å². The fraction of sp³-hybridized carbons (Fsp3) is 0.417. The second-order valence-corrected chi connectivity index (χ2v) is 3.84. The smallest absolute Gasteiger partial charge is 0.255 e. The molecule has 0 fully saturated rings. The quantitative estimate of drug-likeness (QED) is 0.457. The van der Waals surface area contributed by atoms with E-state index in [1.807, 2.05) is 0 Å². The first-order valence-electron chi connectivity index (χ1n) is 5.39. The first kappa shape index (κ1) is 13.3. The van der Waals surface area contributed by atoms with Crippen LogP contribution in [-0.2, 0) is 4.74 Å². The molecule has 0 heterocycles. The number of methoxy groups -OCH3 is 1. The molecule has 94 valence electrons. The highest BCUT2D eigenvalue weighted by atomic mass is 16.5. The molecule has 0 unspecified atom stereocenters. The molecule has 5 nitrogen and oxygen atoms in total. The van der Waals surface area contributed by atoms with Gasteiger partial charge in [0.2, 0.25) is 0 Å². The fourth-order valence-corrected chi connectivity index (χ4v) is 1.48. The van der Waals surface area contributed by atoms with Crippen LogP contribution in [-0.4, -0.2) is 43.2 Å². The van der Waals surface area contributed by atoms with Gasteiger partial charge in [-0.05, 0) is 24.6 Å². The third kappa shape index (κ3) is 3.64. The second kappa shape index (κ2) is 6.10. The largest absolute Gasteiger partial charge is 0.508 e. The molecule has 1 rings (SSSR count). The van der Waals surface area contributed by atoms with Gasteiger partial charge in [-0.25, -0.2) is 0 Å². The molecule has 0 saturated heterocycles. The van der Waals surface area contributed by atoms with E-state index >= 15 is 0 Å². The monoisotopic (exact) mass is 238 g/mol. The lowest BCUT2D eigenvalue weighted by Crippen LogP contribution is -2.29. The Morgan fingerprint density at radius 1 is 1.53 bits per heavy atom.